The van der Waals surface area contributed by atoms with Gasteiger partial charge in [-0.1, -0.05) is 31.0 Å². The molecular formula is C21H22N4O3S. The van der Waals surface area contributed by atoms with E-state index in [0.717, 1.165) is 48.3 Å². The third kappa shape index (κ3) is 3.13. The average Bonchev–Trinajstić information content (AvgIpc) is 3.25. The van der Waals surface area contributed by atoms with Gasteiger partial charge in [-0.15, -0.1) is 0 Å². The lowest BCUT2D eigenvalue weighted by Crippen LogP contribution is -2.52. The molecular weight excluding hydrogens is 388 g/mol. The van der Waals surface area contributed by atoms with Crippen molar-refractivity contribution < 1.29 is 10.0 Å². The maximum Gasteiger partial charge on any atom is 0.271 e. The fraction of sp³-hybridized carbons (Fsp3) is 0.333. The molecule has 1 heterocycles. The summed E-state index contributed by atoms with van der Waals surface area (Å²) in [4.78, 5) is 17.3. The molecule has 150 valence electrons. The van der Waals surface area contributed by atoms with Crippen LogP contribution in [0.5, 0.6) is 5.75 Å². The van der Waals surface area contributed by atoms with Crippen LogP contribution in [0.15, 0.2) is 41.4 Å². The number of anilines is 2. The smallest absolute Gasteiger partial charge is 0.271 e. The molecule has 1 aliphatic carbocycles. The zero-order valence-electron chi connectivity index (χ0n) is 16.3. The van der Waals surface area contributed by atoms with E-state index in [-0.39, 0.29) is 11.4 Å². The molecule has 0 atom stereocenters. The van der Waals surface area contributed by atoms with Crippen LogP contribution in [0.1, 0.15) is 36.8 Å². The third-order valence-electron chi connectivity index (χ3n) is 5.83. The van der Waals surface area contributed by atoms with Crippen molar-refractivity contribution in [1.29, 1.82) is 0 Å². The second-order valence-electron chi connectivity index (χ2n) is 7.64. The Hall–Kier alpha value is -3.00. The molecule has 1 spiro atoms. The summed E-state index contributed by atoms with van der Waals surface area (Å²) in [5, 5.41) is 25.6. The highest BCUT2D eigenvalue weighted by Crippen LogP contribution is 2.46. The van der Waals surface area contributed by atoms with Crippen LogP contribution in [-0.2, 0) is 0 Å². The molecule has 0 saturated heterocycles. The summed E-state index contributed by atoms with van der Waals surface area (Å²) in [5.74, 6) is 0.691. The standard InChI is InChI=1S/C21H22N4O3S/c1-13-6-5-7-14(2)18(13)22-19-21(10-3-4-11-21)24(20(29)23-19)16-12-15(25(27)28)8-9-17(16)26/h5-9,12,26H,3-4,10-11H2,1-2H3,(H,22,23,29). The van der Waals surface area contributed by atoms with Crippen molar-refractivity contribution in [2.45, 2.75) is 45.1 Å². The molecule has 1 saturated carbocycles. The number of nitro benzene ring substituents is 1. The quantitative estimate of drug-likeness (QED) is 0.427. The van der Waals surface area contributed by atoms with Gasteiger partial charge < -0.3 is 15.3 Å². The van der Waals surface area contributed by atoms with E-state index in [1.807, 2.05) is 32.0 Å². The van der Waals surface area contributed by atoms with Gasteiger partial charge in [-0.05, 0) is 56.1 Å². The van der Waals surface area contributed by atoms with E-state index in [1.165, 1.54) is 18.2 Å². The molecule has 0 amide bonds. The van der Waals surface area contributed by atoms with E-state index in [0.29, 0.717) is 10.8 Å². The summed E-state index contributed by atoms with van der Waals surface area (Å²) in [6, 6.07) is 10.1. The summed E-state index contributed by atoms with van der Waals surface area (Å²) >= 11 is 5.58. The highest BCUT2D eigenvalue weighted by atomic mass is 32.1. The number of thiocarbonyl (C=S) groups is 1. The summed E-state index contributed by atoms with van der Waals surface area (Å²) in [6.45, 7) is 4.07. The normalized spacial score (nSPS) is 17.7. The number of hydrogen-bond acceptors (Lipinski definition) is 5. The van der Waals surface area contributed by atoms with E-state index in [2.05, 4.69) is 10.3 Å². The Morgan fingerprint density at radius 3 is 2.48 bits per heavy atom. The number of amidine groups is 1. The lowest BCUT2D eigenvalue weighted by atomic mass is 9.93. The number of phenolic OH excluding ortho intramolecular Hbond substituents is 1. The van der Waals surface area contributed by atoms with Crippen LogP contribution in [0.3, 0.4) is 0 Å². The number of aromatic hydroxyl groups is 1. The number of nitro groups is 1. The molecule has 2 aromatic rings. The average molecular weight is 410 g/mol. The Balaban J connectivity index is 1.80. The molecule has 2 aliphatic rings. The predicted octanol–water partition coefficient (Wildman–Crippen LogP) is 4.85. The Bertz CT molecular complexity index is 1020. The predicted molar refractivity (Wildman–Crippen MR) is 118 cm³/mol. The van der Waals surface area contributed by atoms with Gasteiger partial charge in [0.15, 0.2) is 0 Å². The van der Waals surface area contributed by atoms with Crippen molar-refractivity contribution >= 4 is 40.2 Å². The van der Waals surface area contributed by atoms with Crippen LogP contribution in [0.25, 0.3) is 0 Å². The zero-order chi connectivity index (χ0) is 20.8. The Kier molecular flexibility index (Phi) is 4.74. The van der Waals surface area contributed by atoms with Gasteiger partial charge in [0.05, 0.1) is 10.6 Å². The van der Waals surface area contributed by atoms with Crippen LogP contribution in [-0.4, -0.2) is 26.5 Å². The molecule has 4 rings (SSSR count). The second-order valence-corrected chi connectivity index (χ2v) is 8.00. The lowest BCUT2D eigenvalue weighted by molar-refractivity contribution is -0.384. The molecule has 0 unspecified atom stereocenters. The van der Waals surface area contributed by atoms with Gasteiger partial charge in [-0.2, -0.15) is 0 Å². The van der Waals surface area contributed by atoms with Crippen molar-refractivity contribution in [3.05, 3.63) is 57.6 Å². The molecule has 29 heavy (non-hydrogen) atoms. The van der Waals surface area contributed by atoms with E-state index in [4.69, 9.17) is 12.2 Å². The van der Waals surface area contributed by atoms with Gasteiger partial charge in [0.2, 0.25) is 5.11 Å². The summed E-state index contributed by atoms with van der Waals surface area (Å²) in [7, 11) is 0. The van der Waals surface area contributed by atoms with Gasteiger partial charge in [0, 0.05) is 17.8 Å². The van der Waals surface area contributed by atoms with E-state index >= 15 is 0 Å². The topological polar surface area (TPSA) is 91.0 Å². The maximum atomic E-state index is 11.3. The summed E-state index contributed by atoms with van der Waals surface area (Å²) in [6.07, 6.45) is 3.57. The SMILES string of the molecule is Cc1cccc(C)c1NC1=NC(=S)N(c2cc([N+](=O)[O-])ccc2O)C12CCCC2. The van der Waals surface area contributed by atoms with Gasteiger partial charge in [-0.25, -0.2) is 4.99 Å². The van der Waals surface area contributed by atoms with Crippen LogP contribution >= 0.6 is 12.2 Å². The highest BCUT2D eigenvalue weighted by Gasteiger charge is 2.51. The number of non-ortho nitro benzene ring substituents is 1. The molecule has 1 aliphatic heterocycles. The first-order valence-electron chi connectivity index (χ1n) is 9.57. The molecule has 0 aromatic heterocycles. The van der Waals surface area contributed by atoms with Crippen molar-refractivity contribution in [3.8, 4) is 5.75 Å². The highest BCUT2D eigenvalue weighted by molar-refractivity contribution is 7.80. The lowest BCUT2D eigenvalue weighted by Gasteiger charge is -2.37. The van der Waals surface area contributed by atoms with Gasteiger partial charge in [-0.3, -0.25) is 10.1 Å². The first kappa shape index (κ1) is 19.3. The number of nitrogens with zero attached hydrogens (tertiary/aromatic N) is 3. The van der Waals surface area contributed by atoms with Gasteiger partial charge in [0.25, 0.3) is 5.69 Å². The number of aliphatic imine (C=N–C) groups is 1. The minimum absolute atomic E-state index is 0.0484. The van der Waals surface area contributed by atoms with Crippen LogP contribution in [0.2, 0.25) is 0 Å². The van der Waals surface area contributed by atoms with Crippen LogP contribution in [0.4, 0.5) is 17.1 Å². The van der Waals surface area contributed by atoms with Crippen LogP contribution < -0.4 is 10.2 Å². The van der Waals surface area contributed by atoms with E-state index in [9.17, 15) is 15.2 Å². The molecule has 8 heteroatoms. The van der Waals surface area contributed by atoms with Crippen molar-refractivity contribution in [1.82, 2.24) is 0 Å². The Morgan fingerprint density at radius 1 is 1.21 bits per heavy atom. The zero-order valence-corrected chi connectivity index (χ0v) is 17.1. The fourth-order valence-corrected chi connectivity index (χ4v) is 4.74. The minimum atomic E-state index is -0.543. The number of aryl methyl sites for hydroxylation is 2. The number of rotatable bonds is 3. The molecule has 7 nitrogen and oxygen atoms in total. The molecule has 0 radical (unpaired) electrons. The third-order valence-corrected chi connectivity index (χ3v) is 6.11. The molecule has 1 fully saturated rings. The molecule has 0 bridgehead atoms. The number of hydrogen-bond donors (Lipinski definition) is 2. The van der Waals surface area contributed by atoms with Crippen LogP contribution in [0, 0.1) is 24.0 Å². The van der Waals surface area contributed by atoms with Crippen molar-refractivity contribution in [2.24, 2.45) is 4.99 Å². The largest absolute Gasteiger partial charge is 0.506 e. The molecule has 2 N–H and O–H groups in total. The number of benzene rings is 2. The van der Waals surface area contributed by atoms with Crippen molar-refractivity contribution in [2.75, 3.05) is 10.2 Å². The number of nitrogens with one attached hydrogen (secondary N) is 1. The second kappa shape index (κ2) is 7.11. The Labute approximate surface area is 174 Å². The minimum Gasteiger partial charge on any atom is -0.506 e. The van der Waals surface area contributed by atoms with Crippen molar-refractivity contribution in [3.63, 3.8) is 0 Å². The van der Waals surface area contributed by atoms with Gasteiger partial charge in [0.1, 0.15) is 17.1 Å². The van der Waals surface area contributed by atoms with E-state index in [1.54, 1.807) is 4.90 Å². The fourth-order valence-electron chi connectivity index (χ4n) is 4.37. The first-order chi connectivity index (χ1) is 13.8. The number of para-hydroxylation sites is 1. The van der Waals surface area contributed by atoms with E-state index < -0.39 is 10.5 Å². The maximum absolute atomic E-state index is 11.3. The summed E-state index contributed by atoms with van der Waals surface area (Å²) in [5.41, 5.74) is 2.88. The number of phenols is 1. The molecule has 2 aromatic carbocycles. The monoisotopic (exact) mass is 410 g/mol. The Morgan fingerprint density at radius 2 is 1.86 bits per heavy atom. The first-order valence-corrected chi connectivity index (χ1v) is 9.98. The van der Waals surface area contributed by atoms with Gasteiger partial charge >= 0.3 is 0 Å². The summed E-state index contributed by atoms with van der Waals surface area (Å²) < 4.78 is 0.